The Morgan fingerprint density at radius 3 is 2.47 bits per heavy atom. The Kier molecular flexibility index (Phi) is 7.65. The fourth-order valence-corrected chi connectivity index (χ4v) is 3.52. The maximum absolute atomic E-state index is 12.0. The third kappa shape index (κ3) is 5.93. The molecule has 0 saturated carbocycles. The number of nitrogens with zero attached hydrogens (tertiary/aromatic N) is 2. The summed E-state index contributed by atoms with van der Waals surface area (Å²) in [7, 11) is 2.16. The van der Waals surface area contributed by atoms with Crippen molar-refractivity contribution in [3.05, 3.63) is 59.2 Å². The average Bonchev–Trinajstić information content (AvgIpc) is 2.75. The van der Waals surface area contributed by atoms with Crippen LogP contribution in [0.4, 0.5) is 11.4 Å². The number of aryl methyl sites for hydroxylation is 1. The molecule has 7 heteroatoms. The average molecular weight is 427 g/mol. The van der Waals surface area contributed by atoms with Crippen molar-refractivity contribution >= 4 is 34.7 Å². The number of rotatable bonds is 6. The number of piperazine rings is 1. The molecule has 1 heterocycles. The molecule has 0 atom stereocenters. The number of hydrogen-bond donors (Lipinski definition) is 2. The molecule has 1 aliphatic heterocycles. The van der Waals surface area contributed by atoms with E-state index in [4.69, 9.17) is 17.0 Å². The fraction of sp³-hybridized carbons (Fsp3) is 0.391. The minimum atomic E-state index is -0.333. The first-order valence-electron chi connectivity index (χ1n) is 10.3. The molecule has 2 aromatic rings. The van der Waals surface area contributed by atoms with E-state index in [1.54, 1.807) is 19.1 Å². The number of carbonyl (C=O) groups is 1. The zero-order chi connectivity index (χ0) is 21.5. The Hall–Kier alpha value is -2.64. The van der Waals surface area contributed by atoms with Crippen LogP contribution in [0.3, 0.4) is 0 Å². The molecule has 2 N–H and O–H groups in total. The highest BCUT2D eigenvalue weighted by atomic mass is 32.1. The molecular weight excluding hydrogens is 396 g/mol. The van der Waals surface area contributed by atoms with E-state index >= 15 is 0 Å². The van der Waals surface area contributed by atoms with Gasteiger partial charge in [-0.25, -0.2) is 4.79 Å². The second kappa shape index (κ2) is 10.4. The molecule has 0 amide bonds. The number of ether oxygens (including phenoxy) is 1. The fourth-order valence-electron chi connectivity index (χ4n) is 3.34. The third-order valence-electron chi connectivity index (χ3n) is 5.25. The van der Waals surface area contributed by atoms with E-state index in [2.05, 4.69) is 51.7 Å². The molecule has 1 fully saturated rings. The van der Waals surface area contributed by atoms with Gasteiger partial charge in [-0.1, -0.05) is 18.2 Å². The highest BCUT2D eigenvalue weighted by Gasteiger charge is 2.14. The molecule has 0 aliphatic carbocycles. The number of nitrogens with one attached hydrogen (secondary N) is 2. The number of carbonyl (C=O) groups excluding carboxylic acids is 1. The molecule has 0 bridgehead atoms. The van der Waals surface area contributed by atoms with Crippen LogP contribution in [0, 0.1) is 6.92 Å². The Morgan fingerprint density at radius 1 is 1.10 bits per heavy atom. The summed E-state index contributed by atoms with van der Waals surface area (Å²) in [6, 6.07) is 14.0. The molecule has 30 heavy (non-hydrogen) atoms. The first-order chi connectivity index (χ1) is 14.5. The lowest BCUT2D eigenvalue weighted by Crippen LogP contribution is -2.44. The van der Waals surface area contributed by atoms with Crippen molar-refractivity contribution in [1.82, 2.24) is 10.2 Å². The number of anilines is 2. The normalized spacial score (nSPS) is 14.3. The molecule has 0 spiro atoms. The summed E-state index contributed by atoms with van der Waals surface area (Å²) in [4.78, 5) is 16.7. The van der Waals surface area contributed by atoms with E-state index in [-0.39, 0.29) is 5.97 Å². The van der Waals surface area contributed by atoms with Crippen LogP contribution < -0.4 is 15.5 Å². The standard InChI is InChI=1S/C23H30N4O2S/c1-4-29-22(28)19-8-5-17(2)21(15-19)25-23(30)24-16-18-6-9-20(10-7-18)27-13-11-26(3)12-14-27/h5-10,15H,4,11-14,16H2,1-3H3,(H2,24,25,30). The van der Waals surface area contributed by atoms with Crippen LogP contribution in [0.15, 0.2) is 42.5 Å². The SMILES string of the molecule is CCOC(=O)c1ccc(C)c(NC(=S)NCc2ccc(N3CCN(C)CC3)cc2)c1. The summed E-state index contributed by atoms with van der Waals surface area (Å²) in [5, 5.41) is 6.94. The number of likely N-dealkylation sites (N-methyl/N-ethyl adjacent to an activating group) is 1. The minimum Gasteiger partial charge on any atom is -0.462 e. The van der Waals surface area contributed by atoms with Gasteiger partial charge in [-0.05, 0) is 68.5 Å². The number of hydrogen-bond acceptors (Lipinski definition) is 5. The van der Waals surface area contributed by atoms with Crippen LogP contribution >= 0.6 is 12.2 Å². The smallest absolute Gasteiger partial charge is 0.338 e. The van der Waals surface area contributed by atoms with E-state index in [1.165, 1.54) is 5.69 Å². The van der Waals surface area contributed by atoms with Gasteiger partial charge < -0.3 is 25.2 Å². The summed E-state index contributed by atoms with van der Waals surface area (Å²) in [5.74, 6) is -0.333. The molecule has 0 unspecified atom stereocenters. The topological polar surface area (TPSA) is 56.8 Å². The van der Waals surface area contributed by atoms with Gasteiger partial charge in [-0.15, -0.1) is 0 Å². The largest absolute Gasteiger partial charge is 0.462 e. The number of thiocarbonyl (C=S) groups is 1. The van der Waals surface area contributed by atoms with Gasteiger partial charge in [0.15, 0.2) is 5.11 Å². The van der Waals surface area contributed by atoms with Gasteiger partial charge in [0.05, 0.1) is 12.2 Å². The second-order valence-corrected chi connectivity index (χ2v) is 7.92. The molecule has 0 radical (unpaired) electrons. The number of esters is 1. The monoisotopic (exact) mass is 426 g/mol. The van der Waals surface area contributed by atoms with Gasteiger partial charge in [-0.2, -0.15) is 0 Å². The second-order valence-electron chi connectivity index (χ2n) is 7.51. The van der Waals surface area contributed by atoms with Crippen molar-refractivity contribution in [2.75, 3.05) is 50.1 Å². The van der Waals surface area contributed by atoms with Crippen molar-refractivity contribution in [2.24, 2.45) is 0 Å². The Balaban J connectivity index is 1.53. The summed E-state index contributed by atoms with van der Waals surface area (Å²) in [5.41, 5.74) is 4.73. The summed E-state index contributed by atoms with van der Waals surface area (Å²) in [6.07, 6.45) is 0. The number of benzene rings is 2. The van der Waals surface area contributed by atoms with Crippen LogP contribution in [0.1, 0.15) is 28.4 Å². The van der Waals surface area contributed by atoms with Crippen LogP contribution in [0.5, 0.6) is 0 Å². The van der Waals surface area contributed by atoms with Crippen molar-refractivity contribution in [3.8, 4) is 0 Å². The van der Waals surface area contributed by atoms with Gasteiger partial charge >= 0.3 is 5.97 Å². The maximum Gasteiger partial charge on any atom is 0.338 e. The van der Waals surface area contributed by atoms with E-state index in [1.807, 2.05) is 13.0 Å². The van der Waals surface area contributed by atoms with Crippen molar-refractivity contribution < 1.29 is 9.53 Å². The van der Waals surface area contributed by atoms with Gasteiger partial charge in [0, 0.05) is 44.1 Å². The molecule has 3 rings (SSSR count). The van der Waals surface area contributed by atoms with E-state index < -0.39 is 0 Å². The van der Waals surface area contributed by atoms with Crippen molar-refractivity contribution in [2.45, 2.75) is 20.4 Å². The Labute approximate surface area is 184 Å². The summed E-state index contributed by atoms with van der Waals surface area (Å²) < 4.78 is 5.07. The van der Waals surface area contributed by atoms with Gasteiger partial charge in [0.25, 0.3) is 0 Å². The van der Waals surface area contributed by atoms with Crippen LogP contribution in [0.2, 0.25) is 0 Å². The lowest BCUT2D eigenvalue weighted by atomic mass is 10.1. The molecule has 2 aromatic carbocycles. The highest BCUT2D eigenvalue weighted by Crippen LogP contribution is 2.19. The minimum absolute atomic E-state index is 0.333. The van der Waals surface area contributed by atoms with Crippen LogP contribution in [-0.4, -0.2) is 55.8 Å². The maximum atomic E-state index is 12.0. The molecule has 0 aromatic heterocycles. The molecule has 6 nitrogen and oxygen atoms in total. The van der Waals surface area contributed by atoms with Crippen LogP contribution in [-0.2, 0) is 11.3 Å². The molecule has 1 saturated heterocycles. The predicted octanol–water partition coefficient (Wildman–Crippen LogP) is 3.41. The van der Waals surface area contributed by atoms with Gasteiger partial charge in [0.2, 0.25) is 0 Å². The highest BCUT2D eigenvalue weighted by molar-refractivity contribution is 7.80. The van der Waals surface area contributed by atoms with E-state index in [0.717, 1.165) is 43.0 Å². The third-order valence-corrected chi connectivity index (χ3v) is 5.50. The summed E-state index contributed by atoms with van der Waals surface area (Å²) in [6.45, 7) is 9.06. The first kappa shape index (κ1) is 22.1. The van der Waals surface area contributed by atoms with Crippen molar-refractivity contribution in [3.63, 3.8) is 0 Å². The molecule has 160 valence electrons. The van der Waals surface area contributed by atoms with Crippen LogP contribution in [0.25, 0.3) is 0 Å². The lowest BCUT2D eigenvalue weighted by Gasteiger charge is -2.34. The van der Waals surface area contributed by atoms with Gasteiger partial charge in [-0.3, -0.25) is 0 Å². The summed E-state index contributed by atoms with van der Waals surface area (Å²) >= 11 is 5.44. The molecular formula is C23H30N4O2S. The van der Waals surface area contributed by atoms with E-state index in [9.17, 15) is 4.79 Å². The predicted molar refractivity (Wildman–Crippen MR) is 126 cm³/mol. The Morgan fingerprint density at radius 2 is 1.80 bits per heavy atom. The Bertz CT molecular complexity index is 877. The zero-order valence-electron chi connectivity index (χ0n) is 17.9. The first-order valence-corrected chi connectivity index (χ1v) is 10.7. The quantitative estimate of drug-likeness (QED) is 0.542. The van der Waals surface area contributed by atoms with Crippen molar-refractivity contribution in [1.29, 1.82) is 0 Å². The zero-order valence-corrected chi connectivity index (χ0v) is 18.7. The lowest BCUT2D eigenvalue weighted by molar-refractivity contribution is 0.0526. The van der Waals surface area contributed by atoms with E-state index in [0.29, 0.717) is 23.8 Å². The molecule has 1 aliphatic rings. The van der Waals surface area contributed by atoms with Gasteiger partial charge in [0.1, 0.15) is 0 Å².